The number of aliphatic hydroxyl groups excluding tert-OH is 2. The second-order valence-corrected chi connectivity index (χ2v) is 17.7. The van der Waals surface area contributed by atoms with E-state index in [1.165, 1.54) is 38.6 Å². The lowest BCUT2D eigenvalue weighted by Gasteiger charge is -2.38. The maximum absolute atomic E-state index is 14.7. The van der Waals surface area contributed by atoms with E-state index in [9.17, 15) is 34.8 Å². The molecule has 3 heterocycles. The van der Waals surface area contributed by atoms with Crippen LogP contribution in [0.25, 0.3) is 21.0 Å². The predicted octanol–water partition coefficient (Wildman–Crippen LogP) is 8.06. The number of aromatic hydroxyl groups is 2. The van der Waals surface area contributed by atoms with Crippen LogP contribution in [0.2, 0.25) is 0 Å². The molecule has 1 aromatic heterocycles. The highest BCUT2D eigenvalue weighted by Gasteiger charge is 2.50. The summed E-state index contributed by atoms with van der Waals surface area (Å²) in [7, 11) is 1.47. The molecule has 0 saturated heterocycles. The number of amides is 1. The van der Waals surface area contributed by atoms with Crippen LogP contribution in [-0.4, -0.2) is 93.5 Å². The van der Waals surface area contributed by atoms with Crippen molar-refractivity contribution in [3.8, 4) is 17.2 Å². The molecule has 5 rings (SSSR count). The summed E-state index contributed by atoms with van der Waals surface area (Å²) in [5.74, 6) is -6.76. The van der Waals surface area contributed by atoms with E-state index in [0.29, 0.717) is 28.4 Å². The minimum Gasteiger partial charge on any atom is -0.507 e. The van der Waals surface area contributed by atoms with Crippen molar-refractivity contribution in [2.75, 3.05) is 30.4 Å². The number of hydrogen-bond donors (Lipinski definition) is 5. The highest BCUT2D eigenvalue weighted by atomic mass is 32.1. The largest absolute Gasteiger partial charge is 0.507 e. The average Bonchev–Trinajstić information content (AvgIpc) is 3.78. The Morgan fingerprint density at radius 2 is 1.62 bits per heavy atom. The van der Waals surface area contributed by atoms with Crippen LogP contribution in [0.3, 0.4) is 0 Å². The lowest BCUT2D eigenvalue weighted by atomic mass is 9.78. The molecule has 61 heavy (non-hydrogen) atoms. The third-order valence-electron chi connectivity index (χ3n) is 12.2. The van der Waals surface area contributed by atoms with Gasteiger partial charge in [-0.1, -0.05) is 83.9 Å². The van der Waals surface area contributed by atoms with Gasteiger partial charge in [0.2, 0.25) is 0 Å². The van der Waals surface area contributed by atoms with Crippen molar-refractivity contribution >= 4 is 60.8 Å². The van der Waals surface area contributed by atoms with Gasteiger partial charge in [0.1, 0.15) is 23.3 Å². The Morgan fingerprint density at radius 1 is 0.967 bits per heavy atom. The van der Waals surface area contributed by atoms with Gasteiger partial charge in [-0.2, -0.15) is 0 Å². The van der Waals surface area contributed by atoms with Crippen LogP contribution in [0.15, 0.2) is 36.1 Å². The molecule has 0 unspecified atom stereocenters. The molecule has 3 aromatic rings. The SMILES string of the molecule is CCCCN(CCCC)c1nc2c(s1)c1c(O)c3c(O)c(C)c4c(c32)C(=O)[C@@](C)(O/C=C\[C@H](OC)[C@@H](C)[C@@H](OC(C)=O)[C@H](C)[C@H](O)[C@H](C)[C@@H](O)[C@@H](C)/C=C\C=C(\C)C(=O)N1)O4. The minimum absolute atomic E-state index is 0.0313. The summed E-state index contributed by atoms with van der Waals surface area (Å²) in [6, 6.07) is 0. The number of anilines is 2. The van der Waals surface area contributed by atoms with Crippen LogP contribution in [0, 0.1) is 30.6 Å². The van der Waals surface area contributed by atoms with Crippen molar-refractivity contribution < 1.29 is 53.8 Å². The molecular weight excluding hydrogens is 803 g/mol. The summed E-state index contributed by atoms with van der Waals surface area (Å²) in [5.41, 5.74) is 0.811. The van der Waals surface area contributed by atoms with Crippen LogP contribution < -0.4 is 15.0 Å². The summed E-state index contributed by atoms with van der Waals surface area (Å²) >= 11 is 1.27. The van der Waals surface area contributed by atoms with E-state index in [0.717, 1.165) is 25.7 Å². The van der Waals surface area contributed by atoms with E-state index >= 15 is 0 Å². The molecular formula is C46H63N3O11S. The number of carbonyl (C=O) groups excluding carboxylic acids is 3. The van der Waals surface area contributed by atoms with Crippen LogP contribution in [0.4, 0.5) is 10.8 Å². The first-order chi connectivity index (χ1) is 28.8. The quantitative estimate of drug-likeness (QED) is 0.102. The third kappa shape index (κ3) is 9.40. The Hall–Kier alpha value is -4.70. The molecule has 5 N–H and O–H groups in total. The average molecular weight is 866 g/mol. The summed E-state index contributed by atoms with van der Waals surface area (Å²) in [4.78, 5) is 48.3. The topological polar surface area (TPSA) is 197 Å². The van der Waals surface area contributed by atoms with Crippen molar-refractivity contribution in [1.29, 1.82) is 0 Å². The Bertz CT molecular complexity index is 2210. The molecule has 0 saturated carbocycles. The normalized spacial score (nSPS) is 29.5. The van der Waals surface area contributed by atoms with E-state index in [2.05, 4.69) is 24.1 Å². The molecule has 0 radical (unpaired) electrons. The molecule has 2 aromatic carbocycles. The Kier molecular flexibility index (Phi) is 15.2. The molecule has 15 heteroatoms. The second kappa shape index (κ2) is 19.6. The Labute approximate surface area is 362 Å². The van der Waals surface area contributed by atoms with Crippen LogP contribution >= 0.6 is 11.3 Å². The third-order valence-corrected chi connectivity index (χ3v) is 13.3. The summed E-state index contributed by atoms with van der Waals surface area (Å²) in [6.07, 6.45) is 7.71. The van der Waals surface area contributed by atoms with Gasteiger partial charge in [0.25, 0.3) is 11.7 Å². The lowest BCUT2D eigenvalue weighted by Crippen LogP contribution is -2.46. The molecule has 2 aliphatic rings. The van der Waals surface area contributed by atoms with Gasteiger partial charge >= 0.3 is 11.8 Å². The van der Waals surface area contributed by atoms with Crippen LogP contribution in [-0.2, 0) is 23.8 Å². The van der Waals surface area contributed by atoms with E-state index in [1.54, 1.807) is 65.8 Å². The first-order valence-electron chi connectivity index (χ1n) is 21.2. The number of thiazole rings is 1. The standard InChI is InChI=1S/C46H63N3O11S/c1-12-14-20-49(21-15-13-2)45-48-34-31-32-38(53)28(8)41-33(31)43(55)46(10,60-41)58-22-19-30(57-11)25(5)40(59-29(9)50)27(7)37(52)26(6)36(51)23(3)17-16-18-24(4)44(56)47-35(39(32)54)42(34)61-45/h16-19,22-23,25-27,30,36-37,40,51-54H,12-15,20-21H2,1-11H3,(H,47,56)/b17-16-,22-19-,24-18-/t23-,25+,26+,27+,30-,36-,37+,40+,46-/m0/s1. The number of aliphatic hydroxyl groups is 2. The zero-order chi connectivity index (χ0) is 45.1. The molecule has 14 nitrogen and oxygen atoms in total. The number of ether oxygens (including phenoxy) is 4. The smallest absolute Gasteiger partial charge is 0.312 e. The van der Waals surface area contributed by atoms with E-state index in [1.807, 2.05) is 0 Å². The Morgan fingerprint density at radius 3 is 2.23 bits per heavy atom. The number of rotatable bonds is 9. The number of hydrogen-bond acceptors (Lipinski definition) is 14. The minimum atomic E-state index is -1.95. The van der Waals surface area contributed by atoms with Gasteiger partial charge in [-0.15, -0.1) is 0 Å². The molecule has 334 valence electrons. The number of carbonyl (C=O) groups is 3. The van der Waals surface area contributed by atoms with Gasteiger partial charge in [-0.25, -0.2) is 4.98 Å². The highest BCUT2D eigenvalue weighted by Crippen LogP contribution is 2.55. The number of methoxy groups -OCH3 is 1. The fraction of sp³-hybridized carbons (Fsp3) is 0.565. The molecule has 0 aliphatic carbocycles. The van der Waals surface area contributed by atoms with Gasteiger partial charge in [0, 0.05) is 74.2 Å². The molecule has 0 fully saturated rings. The number of esters is 1. The fourth-order valence-corrected chi connectivity index (χ4v) is 9.37. The van der Waals surface area contributed by atoms with Crippen molar-refractivity contribution in [1.82, 2.24) is 4.98 Å². The molecule has 0 spiro atoms. The molecule has 1 amide bonds. The van der Waals surface area contributed by atoms with E-state index in [-0.39, 0.29) is 44.7 Å². The number of ketones is 1. The van der Waals surface area contributed by atoms with Crippen molar-refractivity contribution in [3.63, 3.8) is 0 Å². The van der Waals surface area contributed by atoms with Gasteiger partial charge in [-0.05, 0) is 32.8 Å². The van der Waals surface area contributed by atoms with Crippen LogP contribution in [0.5, 0.6) is 17.2 Å². The fourth-order valence-electron chi connectivity index (χ4n) is 8.25. The number of benzene rings is 2. The lowest BCUT2D eigenvalue weighted by molar-refractivity contribution is -0.160. The highest BCUT2D eigenvalue weighted by molar-refractivity contribution is 7.23. The number of Topliss-reactive ketones (excluding diaryl/α,β-unsaturated/α-hetero) is 1. The first kappa shape index (κ1) is 47.4. The molecule has 4 bridgehead atoms. The van der Waals surface area contributed by atoms with E-state index in [4.69, 9.17) is 23.9 Å². The van der Waals surface area contributed by atoms with Crippen molar-refractivity contribution in [2.45, 2.75) is 125 Å². The number of fused-ring (bicyclic) bond motifs is 1. The van der Waals surface area contributed by atoms with E-state index < -0.39 is 77.3 Å². The molecule has 9 atom stereocenters. The van der Waals surface area contributed by atoms with Gasteiger partial charge < -0.3 is 49.6 Å². The van der Waals surface area contributed by atoms with Gasteiger partial charge in [0.15, 0.2) is 10.9 Å². The van der Waals surface area contributed by atoms with Crippen molar-refractivity contribution in [2.24, 2.45) is 23.7 Å². The molecule has 2 aliphatic heterocycles. The Balaban J connectivity index is 1.76. The number of nitrogens with zero attached hydrogens (tertiary/aromatic N) is 2. The number of phenols is 2. The second-order valence-electron chi connectivity index (χ2n) is 16.7. The summed E-state index contributed by atoms with van der Waals surface area (Å²) in [5, 5.41) is 50.5. The number of phenolic OH excluding ortho intramolecular Hbond substituents is 2. The number of unbranched alkanes of at least 4 members (excludes halogenated alkanes) is 2. The zero-order valence-corrected chi connectivity index (χ0v) is 38.0. The number of allylic oxidation sites excluding steroid dienone is 2. The van der Waals surface area contributed by atoms with Crippen molar-refractivity contribution in [3.05, 3.63) is 47.3 Å². The van der Waals surface area contributed by atoms with Gasteiger partial charge in [-0.3, -0.25) is 14.4 Å². The monoisotopic (exact) mass is 865 g/mol. The zero-order valence-electron chi connectivity index (χ0n) is 37.2. The maximum Gasteiger partial charge on any atom is 0.312 e. The first-order valence-corrected chi connectivity index (χ1v) is 22.0. The maximum atomic E-state index is 14.7. The van der Waals surface area contributed by atoms with Crippen LogP contribution in [0.1, 0.15) is 104 Å². The predicted molar refractivity (Wildman–Crippen MR) is 237 cm³/mol. The summed E-state index contributed by atoms with van der Waals surface area (Å²) in [6.45, 7) is 18.6. The summed E-state index contributed by atoms with van der Waals surface area (Å²) < 4.78 is 24.4. The number of nitrogens with one attached hydrogen (secondary N) is 1. The van der Waals surface area contributed by atoms with Gasteiger partial charge in [0.05, 0.1) is 45.7 Å². The number of aromatic nitrogens is 1.